The Labute approximate surface area is 156 Å². The summed E-state index contributed by atoms with van der Waals surface area (Å²) in [5.74, 6) is 1.19. The van der Waals surface area contributed by atoms with Crippen LogP contribution in [0.5, 0.6) is 11.5 Å². The van der Waals surface area contributed by atoms with Crippen molar-refractivity contribution in [2.45, 2.75) is 41.6 Å². The summed E-state index contributed by atoms with van der Waals surface area (Å²) in [6.07, 6.45) is 7.34. The Bertz CT molecular complexity index is 727. The Morgan fingerprint density at radius 1 is 1.28 bits per heavy atom. The standard InChI is InChI=1S/C18H22N2O3S2/c1-22-14-8-7-12(9-15(14)23-2)10-16(21)20-18-19-11-17(25-18)24-13-5-3-4-6-13/h7-9,11,13H,3-6,10H2,1-2H3,(H,19,20,21). The van der Waals surface area contributed by atoms with E-state index < -0.39 is 0 Å². The molecular formula is C18H22N2O3S2. The molecule has 1 N–H and O–H groups in total. The highest BCUT2D eigenvalue weighted by Crippen LogP contribution is 2.38. The van der Waals surface area contributed by atoms with Crippen molar-refractivity contribution in [1.82, 2.24) is 4.98 Å². The molecule has 1 aliphatic rings. The average molecular weight is 379 g/mol. The lowest BCUT2D eigenvalue weighted by molar-refractivity contribution is -0.115. The Balaban J connectivity index is 1.56. The van der Waals surface area contributed by atoms with E-state index in [-0.39, 0.29) is 12.3 Å². The molecule has 0 spiro atoms. The first kappa shape index (κ1) is 18.1. The maximum atomic E-state index is 12.3. The van der Waals surface area contributed by atoms with Gasteiger partial charge in [-0.3, -0.25) is 4.79 Å². The number of benzene rings is 1. The zero-order chi connectivity index (χ0) is 17.6. The van der Waals surface area contributed by atoms with Crippen LogP contribution in [0.25, 0.3) is 0 Å². The van der Waals surface area contributed by atoms with Crippen LogP contribution < -0.4 is 14.8 Å². The fourth-order valence-corrected chi connectivity index (χ4v) is 5.30. The number of rotatable bonds is 7. The minimum absolute atomic E-state index is 0.0843. The lowest BCUT2D eigenvalue weighted by atomic mass is 10.1. The smallest absolute Gasteiger partial charge is 0.230 e. The zero-order valence-corrected chi connectivity index (χ0v) is 16.0. The van der Waals surface area contributed by atoms with Gasteiger partial charge in [0.2, 0.25) is 5.91 Å². The van der Waals surface area contributed by atoms with Gasteiger partial charge >= 0.3 is 0 Å². The van der Waals surface area contributed by atoms with Gasteiger partial charge in [-0.15, -0.1) is 11.8 Å². The summed E-state index contributed by atoms with van der Waals surface area (Å²) in [5.41, 5.74) is 0.868. The Morgan fingerprint density at radius 2 is 2.04 bits per heavy atom. The van der Waals surface area contributed by atoms with Crippen LogP contribution in [0.2, 0.25) is 0 Å². The number of carbonyl (C=O) groups is 1. The van der Waals surface area contributed by atoms with Crippen LogP contribution in [0.15, 0.2) is 28.6 Å². The molecule has 1 fully saturated rings. The van der Waals surface area contributed by atoms with Crippen LogP contribution in [0.1, 0.15) is 31.2 Å². The van der Waals surface area contributed by atoms with Gasteiger partial charge in [-0.05, 0) is 30.5 Å². The number of aromatic nitrogens is 1. The van der Waals surface area contributed by atoms with Crippen molar-refractivity contribution in [2.24, 2.45) is 0 Å². The first-order valence-electron chi connectivity index (χ1n) is 8.31. The minimum Gasteiger partial charge on any atom is -0.493 e. The number of anilines is 1. The van der Waals surface area contributed by atoms with Gasteiger partial charge in [0.1, 0.15) is 0 Å². The molecule has 1 aliphatic carbocycles. The lowest BCUT2D eigenvalue weighted by Gasteiger charge is -2.09. The van der Waals surface area contributed by atoms with E-state index in [0.29, 0.717) is 21.9 Å². The molecule has 1 amide bonds. The van der Waals surface area contributed by atoms with Gasteiger partial charge in [-0.2, -0.15) is 0 Å². The SMILES string of the molecule is COc1ccc(CC(=O)Nc2ncc(SC3CCCC3)s2)cc1OC. The summed E-state index contributed by atoms with van der Waals surface area (Å²) in [6.45, 7) is 0. The van der Waals surface area contributed by atoms with Gasteiger partial charge < -0.3 is 14.8 Å². The molecule has 25 heavy (non-hydrogen) atoms. The number of hydrogen-bond acceptors (Lipinski definition) is 6. The molecule has 1 aromatic heterocycles. The normalized spacial score (nSPS) is 14.5. The van der Waals surface area contributed by atoms with Crippen molar-refractivity contribution >= 4 is 34.1 Å². The Kier molecular flexibility index (Phi) is 6.20. The van der Waals surface area contributed by atoms with E-state index >= 15 is 0 Å². The number of thioether (sulfide) groups is 1. The second kappa shape index (κ2) is 8.58. The number of methoxy groups -OCH3 is 2. The van der Waals surface area contributed by atoms with Crippen molar-refractivity contribution in [3.63, 3.8) is 0 Å². The van der Waals surface area contributed by atoms with Crippen LogP contribution in [0, 0.1) is 0 Å². The van der Waals surface area contributed by atoms with Crippen molar-refractivity contribution < 1.29 is 14.3 Å². The number of carbonyl (C=O) groups excluding carboxylic acids is 1. The maximum Gasteiger partial charge on any atom is 0.230 e. The summed E-state index contributed by atoms with van der Waals surface area (Å²) in [4.78, 5) is 16.6. The second-order valence-corrected chi connectivity index (χ2v) is 8.55. The number of amides is 1. The second-order valence-electron chi connectivity index (χ2n) is 5.92. The molecule has 1 heterocycles. The number of thiazole rings is 1. The van der Waals surface area contributed by atoms with Gasteiger partial charge in [0.05, 0.1) is 31.0 Å². The molecule has 0 saturated heterocycles. The number of hydrogen-bond donors (Lipinski definition) is 1. The highest BCUT2D eigenvalue weighted by atomic mass is 32.2. The molecule has 7 heteroatoms. The summed E-state index contributed by atoms with van der Waals surface area (Å²) >= 11 is 3.43. The average Bonchev–Trinajstić information content (AvgIpc) is 3.27. The van der Waals surface area contributed by atoms with Crippen molar-refractivity contribution in [3.8, 4) is 11.5 Å². The molecule has 0 radical (unpaired) electrons. The Morgan fingerprint density at radius 3 is 2.76 bits per heavy atom. The van der Waals surface area contributed by atoms with E-state index in [2.05, 4.69) is 10.3 Å². The molecule has 2 aromatic rings. The third-order valence-corrected chi connectivity index (χ3v) is 6.52. The van der Waals surface area contributed by atoms with Gasteiger partial charge in [0.15, 0.2) is 16.6 Å². The van der Waals surface area contributed by atoms with E-state index in [1.165, 1.54) is 29.9 Å². The number of ether oxygens (including phenoxy) is 2. The summed E-state index contributed by atoms with van der Waals surface area (Å²) in [7, 11) is 3.18. The Hall–Kier alpha value is -1.73. The molecule has 0 atom stereocenters. The van der Waals surface area contributed by atoms with Crippen LogP contribution in [-0.4, -0.2) is 30.4 Å². The quantitative estimate of drug-likeness (QED) is 0.775. The molecule has 0 unspecified atom stereocenters. The highest BCUT2D eigenvalue weighted by Gasteiger charge is 2.18. The molecular weight excluding hydrogens is 356 g/mol. The summed E-state index contributed by atoms with van der Waals surface area (Å²) < 4.78 is 11.7. The number of nitrogens with one attached hydrogen (secondary N) is 1. The van der Waals surface area contributed by atoms with Gasteiger partial charge in [0.25, 0.3) is 0 Å². The van der Waals surface area contributed by atoms with E-state index in [4.69, 9.17) is 9.47 Å². The van der Waals surface area contributed by atoms with Crippen LogP contribution in [0.3, 0.4) is 0 Å². The fraction of sp³-hybridized carbons (Fsp3) is 0.444. The maximum absolute atomic E-state index is 12.3. The molecule has 5 nitrogen and oxygen atoms in total. The number of nitrogens with zero attached hydrogens (tertiary/aromatic N) is 1. The largest absolute Gasteiger partial charge is 0.493 e. The first-order valence-corrected chi connectivity index (χ1v) is 10.0. The third-order valence-electron chi connectivity index (χ3n) is 4.13. The van der Waals surface area contributed by atoms with Gasteiger partial charge in [-0.1, -0.05) is 30.2 Å². The first-order chi connectivity index (χ1) is 12.2. The summed E-state index contributed by atoms with van der Waals surface area (Å²) in [5, 5.41) is 4.25. The molecule has 1 aromatic carbocycles. The molecule has 0 bridgehead atoms. The highest BCUT2D eigenvalue weighted by molar-refractivity contribution is 8.01. The molecule has 3 rings (SSSR count). The lowest BCUT2D eigenvalue weighted by Crippen LogP contribution is -2.14. The zero-order valence-electron chi connectivity index (χ0n) is 14.4. The molecule has 1 saturated carbocycles. The van der Waals surface area contributed by atoms with Crippen molar-refractivity contribution in [1.29, 1.82) is 0 Å². The molecule has 134 valence electrons. The van der Waals surface area contributed by atoms with E-state index in [9.17, 15) is 4.79 Å². The van der Waals surface area contributed by atoms with E-state index in [1.54, 1.807) is 31.6 Å². The predicted octanol–water partition coefficient (Wildman–Crippen LogP) is 4.38. The van der Waals surface area contributed by atoms with Crippen molar-refractivity contribution in [2.75, 3.05) is 19.5 Å². The third kappa shape index (κ3) is 4.89. The molecule has 0 aliphatic heterocycles. The van der Waals surface area contributed by atoms with Crippen LogP contribution in [-0.2, 0) is 11.2 Å². The van der Waals surface area contributed by atoms with E-state index in [1.807, 2.05) is 30.1 Å². The monoisotopic (exact) mass is 378 g/mol. The van der Waals surface area contributed by atoms with E-state index in [0.717, 1.165) is 5.56 Å². The van der Waals surface area contributed by atoms with Gasteiger partial charge in [0, 0.05) is 5.25 Å². The van der Waals surface area contributed by atoms with Crippen LogP contribution in [0.4, 0.5) is 5.13 Å². The van der Waals surface area contributed by atoms with Crippen molar-refractivity contribution in [3.05, 3.63) is 30.0 Å². The predicted molar refractivity (Wildman–Crippen MR) is 102 cm³/mol. The fourth-order valence-electron chi connectivity index (χ4n) is 2.88. The van der Waals surface area contributed by atoms with Gasteiger partial charge in [-0.25, -0.2) is 4.98 Å². The summed E-state index contributed by atoms with van der Waals surface area (Å²) in [6, 6.07) is 5.49. The minimum atomic E-state index is -0.0843. The topological polar surface area (TPSA) is 60.5 Å². The van der Waals surface area contributed by atoms with Crippen LogP contribution >= 0.6 is 23.1 Å².